The molecule has 0 bridgehead atoms. The summed E-state index contributed by atoms with van der Waals surface area (Å²) in [4.78, 5) is 11.7. The van der Waals surface area contributed by atoms with Crippen LogP contribution in [0.25, 0.3) is 0 Å². The molecule has 0 aromatic carbocycles. The molecule has 1 fully saturated rings. The Morgan fingerprint density at radius 1 is 1.75 bits per heavy atom. The molecule has 0 spiro atoms. The van der Waals surface area contributed by atoms with Crippen molar-refractivity contribution in [2.75, 3.05) is 0 Å². The minimum atomic E-state index is -0.708. The quantitative estimate of drug-likeness (QED) is 0.775. The fourth-order valence-electron chi connectivity index (χ4n) is 1.44. The summed E-state index contributed by atoms with van der Waals surface area (Å²) in [6.45, 7) is 0. The van der Waals surface area contributed by atoms with Gasteiger partial charge in [-0.1, -0.05) is 0 Å². The van der Waals surface area contributed by atoms with Crippen molar-refractivity contribution in [2.24, 2.45) is 0 Å². The lowest BCUT2D eigenvalue weighted by molar-refractivity contribution is -0.137. The van der Waals surface area contributed by atoms with Gasteiger partial charge in [-0.3, -0.25) is 4.79 Å². The molecule has 3 nitrogen and oxygen atoms in total. The highest BCUT2D eigenvalue weighted by Crippen LogP contribution is 2.52. The van der Waals surface area contributed by atoms with Gasteiger partial charge in [0, 0.05) is 16.5 Å². The van der Waals surface area contributed by atoms with E-state index in [-0.39, 0.29) is 11.8 Å². The van der Waals surface area contributed by atoms with Crippen LogP contribution in [0.4, 0.5) is 0 Å². The maximum atomic E-state index is 10.5. The van der Waals surface area contributed by atoms with Gasteiger partial charge in [0.05, 0.1) is 6.42 Å². The first-order valence-corrected chi connectivity index (χ1v) is 4.63. The molecule has 1 saturated carbocycles. The molecular weight excluding hydrogens is 174 g/mol. The van der Waals surface area contributed by atoms with Crippen LogP contribution in [0.1, 0.15) is 24.1 Å². The predicted molar refractivity (Wildman–Crippen MR) is 45.3 cm³/mol. The van der Waals surface area contributed by atoms with Crippen LogP contribution in [-0.4, -0.2) is 15.4 Å². The first-order valence-electron chi connectivity index (χ1n) is 3.86. The van der Waals surface area contributed by atoms with Gasteiger partial charge in [-0.05, 0) is 30.4 Å². The Morgan fingerprint density at radius 3 is 2.92 bits per heavy atom. The summed E-state index contributed by atoms with van der Waals surface area (Å²) in [6.07, 6.45) is 4.00. The van der Waals surface area contributed by atoms with E-state index in [1.807, 2.05) is 6.07 Å². The number of hydrogen-bond donors (Lipinski definition) is 1. The lowest BCUT2D eigenvalue weighted by Gasteiger charge is -2.07. The normalized spacial score (nSPS) is 19.0. The van der Waals surface area contributed by atoms with Crippen LogP contribution in [0.5, 0.6) is 0 Å². The summed E-state index contributed by atoms with van der Waals surface area (Å²) in [5, 5.41) is 8.67. The highest BCUT2D eigenvalue weighted by atomic mass is 32.1. The Hall–Kier alpha value is -0.900. The van der Waals surface area contributed by atoms with Crippen LogP contribution in [0, 0.1) is 0 Å². The largest absolute Gasteiger partial charge is 0.481 e. The molecule has 0 aliphatic heterocycles. The number of carboxylic acids is 1. The van der Waals surface area contributed by atoms with Crippen molar-refractivity contribution in [3.63, 3.8) is 0 Å². The molecular formula is C8H9NO2S. The van der Waals surface area contributed by atoms with E-state index >= 15 is 0 Å². The molecule has 0 atom stereocenters. The van der Waals surface area contributed by atoms with E-state index in [9.17, 15) is 4.79 Å². The molecule has 0 radical (unpaired) electrons. The molecule has 12 heavy (non-hydrogen) atoms. The topological polar surface area (TPSA) is 50.2 Å². The predicted octanol–water partition coefficient (Wildman–Crippen LogP) is 1.65. The van der Waals surface area contributed by atoms with Gasteiger partial charge in [0.15, 0.2) is 0 Å². The second-order valence-electron chi connectivity index (χ2n) is 3.23. The first-order chi connectivity index (χ1) is 5.73. The van der Waals surface area contributed by atoms with Gasteiger partial charge in [-0.2, -0.15) is 0 Å². The SMILES string of the molecule is O=C(O)CC1(c2ccns2)CC1. The van der Waals surface area contributed by atoms with Gasteiger partial charge >= 0.3 is 5.97 Å². The summed E-state index contributed by atoms with van der Waals surface area (Å²) in [7, 11) is 0. The molecule has 64 valence electrons. The average Bonchev–Trinajstić information content (AvgIpc) is 2.61. The standard InChI is InChI=1S/C8H9NO2S/c10-7(11)5-8(2-3-8)6-1-4-9-12-6/h1,4H,2-3,5H2,(H,10,11). The molecule has 1 aliphatic rings. The van der Waals surface area contributed by atoms with Gasteiger partial charge in [-0.25, -0.2) is 4.37 Å². The fraction of sp³-hybridized carbons (Fsp3) is 0.500. The fourth-order valence-corrected chi connectivity index (χ4v) is 2.27. The van der Waals surface area contributed by atoms with E-state index in [0.29, 0.717) is 0 Å². The number of rotatable bonds is 3. The Labute approximate surface area is 74.2 Å². The van der Waals surface area contributed by atoms with E-state index < -0.39 is 5.97 Å². The Balaban J connectivity index is 2.17. The second kappa shape index (κ2) is 2.55. The molecule has 0 saturated heterocycles. The Morgan fingerprint density at radius 2 is 2.50 bits per heavy atom. The number of nitrogens with zero attached hydrogens (tertiary/aromatic N) is 1. The summed E-state index contributed by atoms with van der Waals surface area (Å²) >= 11 is 1.42. The highest BCUT2D eigenvalue weighted by molar-refractivity contribution is 7.05. The minimum absolute atomic E-state index is 0.0486. The Kier molecular flexibility index (Phi) is 1.65. The van der Waals surface area contributed by atoms with Gasteiger partial charge in [0.25, 0.3) is 0 Å². The zero-order chi connectivity index (χ0) is 8.60. The van der Waals surface area contributed by atoms with Crippen molar-refractivity contribution in [3.8, 4) is 0 Å². The van der Waals surface area contributed by atoms with E-state index in [1.54, 1.807) is 6.20 Å². The number of hydrogen-bond acceptors (Lipinski definition) is 3. The lowest BCUT2D eigenvalue weighted by atomic mass is 10.0. The molecule has 0 unspecified atom stereocenters. The van der Waals surface area contributed by atoms with Crippen LogP contribution in [0.3, 0.4) is 0 Å². The average molecular weight is 183 g/mol. The summed E-state index contributed by atoms with van der Waals surface area (Å²) < 4.78 is 3.98. The maximum Gasteiger partial charge on any atom is 0.304 e. The third kappa shape index (κ3) is 1.22. The van der Waals surface area contributed by atoms with Gasteiger partial charge in [0.2, 0.25) is 0 Å². The summed E-state index contributed by atoms with van der Waals surface area (Å²) in [5.74, 6) is -0.708. The third-order valence-corrected chi connectivity index (χ3v) is 3.30. The summed E-state index contributed by atoms with van der Waals surface area (Å²) in [5.41, 5.74) is -0.0486. The second-order valence-corrected chi connectivity index (χ2v) is 4.06. The van der Waals surface area contributed by atoms with Crippen LogP contribution in [0.2, 0.25) is 0 Å². The molecule has 2 rings (SSSR count). The van der Waals surface area contributed by atoms with Crippen molar-refractivity contribution in [2.45, 2.75) is 24.7 Å². The number of carbonyl (C=O) groups is 1. The van der Waals surface area contributed by atoms with Crippen LogP contribution < -0.4 is 0 Å². The molecule has 1 N–H and O–H groups in total. The van der Waals surface area contributed by atoms with E-state index in [2.05, 4.69) is 4.37 Å². The van der Waals surface area contributed by atoms with Gasteiger partial charge in [-0.15, -0.1) is 0 Å². The van der Waals surface area contributed by atoms with E-state index in [1.165, 1.54) is 11.5 Å². The van der Waals surface area contributed by atoms with Crippen molar-refractivity contribution < 1.29 is 9.90 Å². The zero-order valence-electron chi connectivity index (χ0n) is 6.49. The van der Waals surface area contributed by atoms with E-state index in [0.717, 1.165) is 17.7 Å². The third-order valence-electron chi connectivity index (χ3n) is 2.30. The van der Waals surface area contributed by atoms with Crippen LogP contribution in [-0.2, 0) is 10.2 Å². The van der Waals surface area contributed by atoms with Gasteiger partial charge < -0.3 is 5.11 Å². The summed E-state index contributed by atoms with van der Waals surface area (Å²) in [6, 6.07) is 1.93. The minimum Gasteiger partial charge on any atom is -0.481 e. The number of aromatic nitrogens is 1. The number of aliphatic carboxylic acids is 1. The highest BCUT2D eigenvalue weighted by Gasteiger charge is 2.47. The molecule has 1 aromatic heterocycles. The molecule has 0 amide bonds. The maximum absolute atomic E-state index is 10.5. The molecule has 1 aromatic rings. The van der Waals surface area contributed by atoms with Crippen LogP contribution in [0.15, 0.2) is 12.3 Å². The zero-order valence-corrected chi connectivity index (χ0v) is 7.30. The monoisotopic (exact) mass is 183 g/mol. The van der Waals surface area contributed by atoms with Crippen molar-refractivity contribution in [1.82, 2.24) is 4.37 Å². The number of carboxylic acid groups (broad SMARTS) is 1. The van der Waals surface area contributed by atoms with Crippen molar-refractivity contribution in [1.29, 1.82) is 0 Å². The Bertz CT molecular complexity index is 290. The van der Waals surface area contributed by atoms with Gasteiger partial charge in [0.1, 0.15) is 0 Å². The molecule has 1 heterocycles. The van der Waals surface area contributed by atoms with Crippen LogP contribution >= 0.6 is 11.5 Å². The lowest BCUT2D eigenvalue weighted by Crippen LogP contribution is -2.10. The molecule has 4 heteroatoms. The molecule has 1 aliphatic carbocycles. The first kappa shape index (κ1) is 7.73. The van der Waals surface area contributed by atoms with Crippen molar-refractivity contribution in [3.05, 3.63) is 17.1 Å². The van der Waals surface area contributed by atoms with Crippen molar-refractivity contribution >= 4 is 17.5 Å². The van der Waals surface area contributed by atoms with E-state index in [4.69, 9.17) is 5.11 Å². The smallest absolute Gasteiger partial charge is 0.304 e.